The van der Waals surface area contributed by atoms with Gasteiger partial charge < -0.3 is 54.7 Å². The highest BCUT2D eigenvalue weighted by Gasteiger charge is 2.66. The Morgan fingerprint density at radius 3 is 0.847 bits per heavy atom. The van der Waals surface area contributed by atoms with Crippen molar-refractivity contribution in [3.8, 4) is 5.75 Å². The minimum Gasteiger partial charge on any atom is -0.691 e. The smallest absolute Gasteiger partial charge is 0.415 e. The second kappa shape index (κ2) is 46.0. The molecule has 26 nitrogen and oxygen atoms in total. The molecule has 5 aromatic carbocycles. The SMILES string of the molecule is CC(C)(C)c1ccc(C23CC4CC(CC(COC(=O)C(F)(F)SOO[O-])(C4)C2)C3)cc1.CCCCc1ccc(C23CC4CC(CC(COC(=O)C(F)(F)SOO[O-])(C4)C2)C3)cc1.COc1ccc(C23CC4CC(CC(COC(=O)C(F)(F)SOO[O-])(C4)C2)C3)cc1.Cc1cc(C)c(C23CC4CC(CC(COC(=O)C(F)(F)SOO[O-])(C4)C2)C3)c(C)c1.Cc1ccc(C23CC4CC(CC(COC(=O)C(F)(F)SOO[O-])(C4)C2)C3)c(C)c1. The first-order valence-corrected chi connectivity index (χ1v) is 55.5. The molecule has 20 aliphatic rings. The van der Waals surface area contributed by atoms with E-state index >= 15 is 0 Å². The predicted octanol–water partition coefficient (Wildman–Crippen LogP) is 21.9. The molecule has 25 rings (SSSR count). The van der Waals surface area contributed by atoms with Gasteiger partial charge in [-0.15, -0.1) is 0 Å². The summed E-state index contributed by atoms with van der Waals surface area (Å²) in [6, 6.07) is 37.0. The molecule has 0 aliphatic heterocycles. The third-order valence-corrected chi connectivity index (χ3v) is 38.6. The average molecular weight is 2210 g/mol. The molecule has 20 aliphatic carbocycles. The van der Waals surface area contributed by atoms with Crippen molar-refractivity contribution < 1.29 is 169 Å². The number of hydrogen-bond donors (Lipinski definition) is 0. The van der Waals surface area contributed by atoms with Crippen molar-refractivity contribution in [2.75, 3.05) is 40.1 Å². The van der Waals surface area contributed by atoms with Gasteiger partial charge in [0.25, 0.3) is 0 Å². The number of hydrogen-bond acceptors (Lipinski definition) is 31. The quantitative estimate of drug-likeness (QED) is 0.00880. The fourth-order valence-corrected chi connectivity index (χ4v) is 35.0. The Balaban J connectivity index is 0.000000133. The zero-order chi connectivity index (χ0) is 108. The van der Waals surface area contributed by atoms with Crippen molar-refractivity contribution in [3.05, 3.63) is 170 Å². The summed E-state index contributed by atoms with van der Waals surface area (Å²) >= 11 is -3.20. The number of carbonyl (C=O) groups excluding carboxylic acids is 5. The van der Waals surface area contributed by atoms with Crippen molar-refractivity contribution in [2.24, 2.45) is 86.3 Å². The molecular weight excluding hydrogens is 2080 g/mol. The fraction of sp³-hybridized carbons (Fsp3) is 0.679. The lowest BCUT2D eigenvalue weighted by Crippen LogP contribution is -2.56. The molecule has 20 bridgehead atoms. The van der Waals surface area contributed by atoms with Gasteiger partial charge in [-0.25, -0.2) is 24.0 Å². The van der Waals surface area contributed by atoms with Crippen LogP contribution >= 0.6 is 60.2 Å². The van der Waals surface area contributed by atoms with Gasteiger partial charge in [0.1, 0.15) is 66.0 Å². The molecule has 20 fully saturated rings. The second-order valence-corrected chi connectivity index (χ2v) is 52.8. The van der Waals surface area contributed by atoms with Crippen LogP contribution in [0.3, 0.4) is 0 Å². The van der Waals surface area contributed by atoms with Crippen LogP contribution in [0.5, 0.6) is 5.75 Å². The zero-order valence-electron chi connectivity index (χ0n) is 85.9. The van der Waals surface area contributed by atoms with Crippen LogP contribution in [0.15, 0.2) is 103 Å². The minimum absolute atomic E-state index is 0.0143. The molecule has 41 heteroatoms. The van der Waals surface area contributed by atoms with Gasteiger partial charge in [0.05, 0.1) is 40.1 Å². The topological polar surface area (TPSA) is 348 Å². The van der Waals surface area contributed by atoms with Crippen LogP contribution in [0, 0.1) is 121 Å². The predicted molar refractivity (Wildman–Crippen MR) is 522 cm³/mol. The molecule has 0 spiro atoms. The Morgan fingerprint density at radius 2 is 0.580 bits per heavy atom. The summed E-state index contributed by atoms with van der Waals surface area (Å²) in [5.74, 6) is -2.48. The summed E-state index contributed by atoms with van der Waals surface area (Å²) in [7, 11) is 1.63. The molecule has 0 aromatic heterocycles. The monoisotopic (exact) mass is 2210 g/mol. The van der Waals surface area contributed by atoms with Crippen LogP contribution in [0.1, 0.15) is 300 Å². The van der Waals surface area contributed by atoms with Gasteiger partial charge in [-0.1, -0.05) is 136 Å². The van der Waals surface area contributed by atoms with Gasteiger partial charge in [0.2, 0.25) is 0 Å². The largest absolute Gasteiger partial charge is 0.691 e. The third kappa shape index (κ3) is 25.8. The number of carbonyl (C=O) groups is 5. The highest BCUT2D eigenvalue weighted by molar-refractivity contribution is 7.97. The van der Waals surface area contributed by atoms with Crippen LogP contribution in [0.4, 0.5) is 43.9 Å². The Morgan fingerprint density at radius 1 is 0.327 bits per heavy atom. The highest BCUT2D eigenvalue weighted by atomic mass is 32.2. The van der Waals surface area contributed by atoms with E-state index < -0.39 is 116 Å². The third-order valence-electron chi connectivity index (χ3n) is 36.1. The summed E-state index contributed by atoms with van der Waals surface area (Å²) in [6.07, 6.45) is 33.5. The van der Waals surface area contributed by atoms with Crippen molar-refractivity contribution in [1.82, 2.24) is 0 Å². The van der Waals surface area contributed by atoms with Crippen molar-refractivity contribution in [3.63, 3.8) is 0 Å². The lowest BCUT2D eigenvalue weighted by atomic mass is 9.42. The van der Waals surface area contributed by atoms with Crippen LogP contribution < -0.4 is 31.0 Å². The Labute approximate surface area is 889 Å². The molecular formula is C109H133F10O26S5-5. The molecule has 10 unspecified atom stereocenters. The van der Waals surface area contributed by atoms with E-state index in [9.17, 15) is 94.2 Å². The molecule has 0 N–H and O–H groups in total. The molecule has 0 saturated heterocycles. The molecule has 0 radical (unpaired) electrons. The average Bonchev–Trinajstić information content (AvgIpc) is 0.829. The van der Waals surface area contributed by atoms with E-state index in [0.29, 0.717) is 59.2 Å². The lowest BCUT2D eigenvalue weighted by Gasteiger charge is -2.62. The second-order valence-electron chi connectivity index (χ2n) is 48.7. The first-order valence-electron chi connectivity index (χ1n) is 51.8. The molecule has 20 saturated carbocycles. The number of unbranched alkanes of at least 4 members (excludes halogenated alkanes) is 1. The van der Waals surface area contributed by atoms with Gasteiger partial charge in [-0.2, -0.15) is 65.6 Å². The molecule has 10 atom stereocenters. The number of halogens is 10. The maximum atomic E-state index is 13.8. The van der Waals surface area contributed by atoms with Crippen LogP contribution in [-0.4, -0.2) is 96.3 Å². The van der Waals surface area contributed by atoms with Crippen molar-refractivity contribution in [1.29, 1.82) is 0 Å². The number of rotatable bonds is 39. The summed E-state index contributed by atoms with van der Waals surface area (Å²) in [5.41, 5.74) is 14.4. The summed E-state index contributed by atoms with van der Waals surface area (Å²) in [6.45, 7) is 19.3. The summed E-state index contributed by atoms with van der Waals surface area (Å²) in [4.78, 5) is 59.5. The molecule has 5 aromatic rings. The molecule has 0 amide bonds. The Hall–Kier alpha value is -6.30. The first-order chi connectivity index (χ1) is 70.8. The molecule has 830 valence electrons. The van der Waals surface area contributed by atoms with Crippen LogP contribution in [0.25, 0.3) is 0 Å². The van der Waals surface area contributed by atoms with Crippen LogP contribution in [-0.2, 0) is 133 Å². The summed E-state index contributed by atoms with van der Waals surface area (Å²) < 4.78 is 186. The van der Waals surface area contributed by atoms with Crippen molar-refractivity contribution in [2.45, 2.75) is 333 Å². The zero-order valence-corrected chi connectivity index (χ0v) is 90.0. The number of aryl methyl sites for hydroxylation is 6. The normalized spacial score (nSPS) is 32.5. The van der Waals surface area contributed by atoms with E-state index in [1.54, 1.807) is 7.11 Å². The van der Waals surface area contributed by atoms with Crippen molar-refractivity contribution >= 4 is 90.1 Å². The van der Waals surface area contributed by atoms with E-state index in [1.807, 2.05) is 12.1 Å². The first kappa shape index (κ1) is 116. The van der Waals surface area contributed by atoms with Gasteiger partial charge in [0, 0.05) is 27.1 Å². The molecule has 150 heavy (non-hydrogen) atoms. The molecule has 0 heterocycles. The van der Waals surface area contributed by atoms with Gasteiger partial charge >= 0.3 is 56.1 Å². The number of ether oxygens (including phenoxy) is 6. The van der Waals surface area contributed by atoms with E-state index in [4.69, 9.17) is 28.4 Å². The van der Waals surface area contributed by atoms with Gasteiger partial charge in [-0.05, 0) is 400 Å². The number of methoxy groups -OCH3 is 1. The van der Waals surface area contributed by atoms with E-state index in [2.05, 4.69) is 200 Å². The Kier molecular flexibility index (Phi) is 35.6. The maximum Gasteiger partial charge on any atom is 0.415 e. The minimum atomic E-state index is -4.00. The summed E-state index contributed by atoms with van der Waals surface area (Å²) in [5, 5.41) is 43.6. The Bertz CT molecular complexity index is 5450. The number of benzene rings is 5. The van der Waals surface area contributed by atoms with E-state index in [0.717, 1.165) is 186 Å². The maximum absolute atomic E-state index is 13.8. The van der Waals surface area contributed by atoms with Gasteiger partial charge in [0.15, 0.2) is 0 Å². The van der Waals surface area contributed by atoms with Gasteiger partial charge in [-0.3, -0.25) is 25.2 Å². The number of alkyl halides is 10. The van der Waals surface area contributed by atoms with E-state index in [1.165, 1.54) is 98.9 Å². The van der Waals surface area contributed by atoms with E-state index in [-0.39, 0.29) is 92.6 Å². The standard InChI is InChI=1S/2C23H30F2O5S.C22H28F2O5S.C21H26F2O5S.C20H24F2O6S/c1-20(2,3)17-4-6-18(7-5-17)22-11-15-8-16(12-22)10-21(9-15,13-22)14-28-19(26)23(24,25)31-30-29-27;1-2-3-4-16-5-7-19(8-6-16)22-12-17-9-18(13-22)11-21(10-17,14-22)15-28-20(26)23(24,25)31-30-29-27;1-13-4-14(2)18(15(3)5-13)21-9-16-6-17(10-21)8-20(7-16,11-21)12-27-19(25)22(23,24)30-29-28-26;1-13-3-4-17(14(2)5-13)20-9-15-6-16(10-20)8-19(7-15,11-20)12-26-18(24)21(22,23)29-28-27-25;1-25-16-4-2-15(3-5-16)19-9-13-6-14(10-19)8-18(7-13,11-19)12-26-17(23)20(21,22)29-28-27-24/h4-7,15-16,27H,8-14H2,1-3H3;5-8,17-18,27H,2-4,9-15H2,1H3;4-5,16-17,26H,6-12H2,1-3H3;3-5,15-16,25H,6-12H2,1-2H3;2-5,13-14,24H,6-12H2,1H3/p-5. The number of esters is 5. The lowest BCUT2D eigenvalue weighted by molar-refractivity contribution is -0.777. The van der Waals surface area contributed by atoms with Crippen LogP contribution in [0.2, 0.25) is 0 Å². The highest BCUT2D eigenvalue weighted by Crippen LogP contribution is 2.73. The fourth-order valence-electron chi connectivity index (χ4n) is 33.8.